The van der Waals surface area contributed by atoms with Gasteiger partial charge in [0.15, 0.2) is 0 Å². The summed E-state index contributed by atoms with van der Waals surface area (Å²) in [5, 5.41) is 7.83. The van der Waals surface area contributed by atoms with Crippen LogP contribution in [-0.4, -0.2) is 39.8 Å². The van der Waals surface area contributed by atoms with E-state index in [1.807, 2.05) is 28.6 Å². The predicted molar refractivity (Wildman–Crippen MR) is 114 cm³/mol. The molecule has 1 N–H and O–H groups in total. The summed E-state index contributed by atoms with van der Waals surface area (Å²) in [5.41, 5.74) is 5.48. The number of benzene rings is 2. The van der Waals surface area contributed by atoms with Gasteiger partial charge in [-0.25, -0.2) is 9.79 Å². The minimum absolute atomic E-state index is 0.0207. The Morgan fingerprint density at radius 3 is 2.54 bits per heavy atom. The highest BCUT2D eigenvalue weighted by atomic mass is 16.1. The lowest BCUT2D eigenvalue weighted by Gasteiger charge is -2.32. The standard InChI is InChI=1S/C22H25N5O/c1-15-6-4-5-7-18(15)16-8-9-19-20(14-16)25(3)22(28)27(19)17-10-12-26(13-11-17)21(23)24-2/h4-9,14,17,23H,2,10-13H2,1,3H3. The first kappa shape index (κ1) is 18.2. The van der Waals surface area contributed by atoms with Crippen LogP contribution in [0.15, 0.2) is 52.3 Å². The monoisotopic (exact) mass is 375 g/mol. The van der Waals surface area contributed by atoms with Crippen molar-refractivity contribution in [2.24, 2.45) is 12.0 Å². The van der Waals surface area contributed by atoms with Crippen molar-refractivity contribution >= 4 is 23.7 Å². The summed E-state index contributed by atoms with van der Waals surface area (Å²) in [4.78, 5) is 18.6. The highest BCUT2D eigenvalue weighted by molar-refractivity contribution is 5.84. The summed E-state index contributed by atoms with van der Waals surface area (Å²) >= 11 is 0. The molecule has 1 aliphatic rings. The number of nitrogens with one attached hydrogen (secondary N) is 1. The first-order chi connectivity index (χ1) is 13.5. The zero-order valence-electron chi connectivity index (χ0n) is 16.4. The van der Waals surface area contributed by atoms with Gasteiger partial charge in [0.2, 0.25) is 5.96 Å². The fourth-order valence-electron chi connectivity index (χ4n) is 4.22. The summed E-state index contributed by atoms with van der Waals surface area (Å²) in [5.74, 6) is 0.214. The van der Waals surface area contributed by atoms with E-state index in [0.29, 0.717) is 13.1 Å². The quantitative estimate of drug-likeness (QED) is 0.549. The fraction of sp³-hybridized carbons (Fsp3) is 0.318. The molecule has 1 aliphatic heterocycles. The third kappa shape index (κ3) is 2.95. The highest BCUT2D eigenvalue weighted by Gasteiger charge is 2.25. The SMILES string of the molecule is C=NC(=N)N1CCC(n2c(=O)n(C)c3cc(-c4ccccc4C)ccc32)CC1. The van der Waals surface area contributed by atoms with Gasteiger partial charge in [-0.3, -0.25) is 14.5 Å². The zero-order valence-corrected chi connectivity index (χ0v) is 16.4. The average Bonchev–Trinajstić information content (AvgIpc) is 2.98. The topological polar surface area (TPSA) is 66.4 Å². The molecule has 28 heavy (non-hydrogen) atoms. The van der Waals surface area contributed by atoms with Gasteiger partial charge in [0.1, 0.15) is 0 Å². The molecule has 144 valence electrons. The van der Waals surface area contributed by atoms with E-state index < -0.39 is 0 Å². The molecule has 4 rings (SSSR count). The normalized spacial score (nSPS) is 15.1. The molecule has 3 aromatic rings. The maximum absolute atomic E-state index is 13.0. The van der Waals surface area contributed by atoms with Gasteiger partial charge in [-0.2, -0.15) is 0 Å². The number of nitrogens with zero attached hydrogens (tertiary/aromatic N) is 4. The van der Waals surface area contributed by atoms with Crippen molar-refractivity contribution in [2.75, 3.05) is 13.1 Å². The second-order valence-corrected chi connectivity index (χ2v) is 7.43. The lowest BCUT2D eigenvalue weighted by molar-refractivity contribution is 0.263. The molecule has 6 heteroatoms. The number of aryl methyl sites for hydroxylation is 2. The van der Waals surface area contributed by atoms with E-state index in [4.69, 9.17) is 5.41 Å². The Kier molecular flexibility index (Phi) is 4.63. The minimum atomic E-state index is 0.0207. The molecule has 2 heterocycles. The second kappa shape index (κ2) is 7.11. The Hall–Kier alpha value is -3.15. The van der Waals surface area contributed by atoms with Gasteiger partial charge in [-0.15, -0.1) is 0 Å². The molecular formula is C22H25N5O. The molecule has 0 saturated carbocycles. The first-order valence-electron chi connectivity index (χ1n) is 9.58. The van der Waals surface area contributed by atoms with Crippen LogP contribution >= 0.6 is 0 Å². The maximum atomic E-state index is 13.0. The van der Waals surface area contributed by atoms with E-state index in [2.05, 4.69) is 49.0 Å². The number of likely N-dealkylation sites (tertiary alicyclic amines) is 1. The molecule has 0 atom stereocenters. The third-order valence-corrected chi connectivity index (χ3v) is 5.82. The van der Waals surface area contributed by atoms with Crippen LogP contribution in [0.5, 0.6) is 0 Å². The van der Waals surface area contributed by atoms with Crippen LogP contribution in [0.1, 0.15) is 24.4 Å². The summed E-state index contributed by atoms with van der Waals surface area (Å²) in [6, 6.07) is 14.7. The predicted octanol–water partition coefficient (Wildman–Crippen LogP) is 3.59. The highest BCUT2D eigenvalue weighted by Crippen LogP contribution is 2.30. The van der Waals surface area contributed by atoms with Gasteiger partial charge >= 0.3 is 5.69 Å². The molecule has 1 fully saturated rings. The van der Waals surface area contributed by atoms with Crippen molar-refractivity contribution in [1.82, 2.24) is 14.0 Å². The molecule has 0 radical (unpaired) electrons. The van der Waals surface area contributed by atoms with Gasteiger partial charge in [-0.1, -0.05) is 30.3 Å². The molecule has 1 aromatic heterocycles. The van der Waals surface area contributed by atoms with Crippen LogP contribution in [-0.2, 0) is 7.05 Å². The molecule has 0 bridgehead atoms. The van der Waals surface area contributed by atoms with Crippen LogP contribution in [0.4, 0.5) is 0 Å². The number of aliphatic imine (C=N–C) groups is 1. The van der Waals surface area contributed by atoms with Crippen LogP contribution in [0.2, 0.25) is 0 Å². The molecule has 0 unspecified atom stereocenters. The molecule has 2 aromatic carbocycles. The minimum Gasteiger partial charge on any atom is -0.341 e. The number of rotatable bonds is 2. The van der Waals surface area contributed by atoms with E-state index in [9.17, 15) is 4.79 Å². The molecule has 0 aliphatic carbocycles. The van der Waals surface area contributed by atoms with Crippen LogP contribution in [0.3, 0.4) is 0 Å². The van der Waals surface area contributed by atoms with E-state index in [-0.39, 0.29) is 17.7 Å². The Balaban J connectivity index is 1.72. The van der Waals surface area contributed by atoms with Crippen LogP contribution in [0.25, 0.3) is 22.2 Å². The molecule has 0 amide bonds. The number of hydrogen-bond acceptors (Lipinski definition) is 2. The van der Waals surface area contributed by atoms with Crippen molar-refractivity contribution in [1.29, 1.82) is 5.41 Å². The molecule has 0 spiro atoms. The first-order valence-corrected chi connectivity index (χ1v) is 9.58. The third-order valence-electron chi connectivity index (χ3n) is 5.82. The molecular weight excluding hydrogens is 350 g/mol. The summed E-state index contributed by atoms with van der Waals surface area (Å²) in [7, 11) is 1.84. The zero-order chi connectivity index (χ0) is 19.8. The van der Waals surface area contributed by atoms with E-state index in [0.717, 1.165) is 29.4 Å². The Labute approximate surface area is 164 Å². The fourth-order valence-corrected chi connectivity index (χ4v) is 4.22. The average molecular weight is 375 g/mol. The van der Waals surface area contributed by atoms with Gasteiger partial charge in [-0.05, 0) is 55.3 Å². The van der Waals surface area contributed by atoms with Gasteiger partial charge in [0.05, 0.1) is 11.0 Å². The number of guanidine groups is 1. The Morgan fingerprint density at radius 2 is 1.86 bits per heavy atom. The van der Waals surface area contributed by atoms with Crippen LogP contribution < -0.4 is 5.69 Å². The number of hydrogen-bond donors (Lipinski definition) is 1. The van der Waals surface area contributed by atoms with Gasteiger partial charge < -0.3 is 4.90 Å². The van der Waals surface area contributed by atoms with Crippen molar-refractivity contribution in [2.45, 2.75) is 25.8 Å². The van der Waals surface area contributed by atoms with Crippen molar-refractivity contribution in [3.63, 3.8) is 0 Å². The number of aromatic nitrogens is 2. The Morgan fingerprint density at radius 1 is 1.14 bits per heavy atom. The van der Waals surface area contributed by atoms with E-state index in [1.54, 1.807) is 4.57 Å². The second-order valence-electron chi connectivity index (χ2n) is 7.43. The number of piperidine rings is 1. The van der Waals surface area contributed by atoms with Crippen molar-refractivity contribution in [3.05, 3.63) is 58.5 Å². The van der Waals surface area contributed by atoms with Gasteiger partial charge in [0, 0.05) is 26.2 Å². The summed E-state index contributed by atoms with van der Waals surface area (Å²) < 4.78 is 3.68. The smallest absolute Gasteiger partial charge is 0.329 e. The molecule has 6 nitrogen and oxygen atoms in total. The number of fused-ring (bicyclic) bond motifs is 1. The lowest BCUT2D eigenvalue weighted by atomic mass is 10.00. The van der Waals surface area contributed by atoms with E-state index >= 15 is 0 Å². The van der Waals surface area contributed by atoms with Crippen molar-refractivity contribution in [3.8, 4) is 11.1 Å². The summed E-state index contributed by atoms with van der Waals surface area (Å²) in [6.45, 7) is 6.97. The van der Waals surface area contributed by atoms with Crippen molar-refractivity contribution < 1.29 is 0 Å². The van der Waals surface area contributed by atoms with Crippen LogP contribution in [0, 0.1) is 12.3 Å². The summed E-state index contributed by atoms with van der Waals surface area (Å²) in [6.07, 6.45) is 1.63. The van der Waals surface area contributed by atoms with E-state index in [1.165, 1.54) is 11.1 Å². The maximum Gasteiger partial charge on any atom is 0.329 e. The number of imidazole rings is 1. The molecule has 1 saturated heterocycles. The lowest BCUT2D eigenvalue weighted by Crippen LogP contribution is -2.39. The van der Waals surface area contributed by atoms with Gasteiger partial charge in [0.25, 0.3) is 0 Å². The largest absolute Gasteiger partial charge is 0.341 e. The Bertz CT molecular complexity index is 1120.